The second-order valence-electron chi connectivity index (χ2n) is 7.67. The Balaban J connectivity index is 1.94. The molecule has 1 unspecified atom stereocenters. The number of hydrogen-bond acceptors (Lipinski definition) is 5. The van der Waals surface area contributed by atoms with E-state index in [-0.39, 0.29) is 27.9 Å². The second-order valence-corrected chi connectivity index (χ2v) is 8.07. The Morgan fingerprint density at radius 3 is 1.83 bits per heavy atom. The largest absolute Gasteiger partial charge is 0.481 e. The average molecular weight is 526 g/mol. The Hall–Kier alpha value is -3.86. The van der Waals surface area contributed by atoms with E-state index in [1.54, 1.807) is 6.92 Å². The number of imide groups is 1. The average Bonchev–Trinajstić information content (AvgIpc) is 3.06. The van der Waals surface area contributed by atoms with Crippen molar-refractivity contribution < 1.29 is 46.5 Å². The SMILES string of the molecule is CCC(C(=O)O)c1ccc(N2C(=O)c3c(c(OC(F)F)c4ccccc4c3OC(F)F)C2=O)c(Cl)c1. The van der Waals surface area contributed by atoms with Crippen LogP contribution in [-0.2, 0) is 4.79 Å². The summed E-state index contributed by atoms with van der Waals surface area (Å²) in [5, 5.41) is 8.89. The number of carbonyl (C=O) groups excluding carboxylic acids is 2. The molecular weight excluding hydrogens is 510 g/mol. The fraction of sp³-hybridized carbons (Fsp3) is 0.208. The van der Waals surface area contributed by atoms with E-state index in [0.717, 1.165) is 0 Å². The number of benzene rings is 3. The lowest BCUT2D eigenvalue weighted by Crippen LogP contribution is -2.30. The van der Waals surface area contributed by atoms with Gasteiger partial charge in [0.15, 0.2) is 0 Å². The molecule has 3 aromatic carbocycles. The zero-order chi connectivity index (χ0) is 26.3. The molecule has 0 fully saturated rings. The topological polar surface area (TPSA) is 93.1 Å². The van der Waals surface area contributed by atoms with E-state index >= 15 is 0 Å². The Kier molecular flexibility index (Phi) is 6.77. The number of fused-ring (bicyclic) bond motifs is 2. The number of anilines is 1. The summed E-state index contributed by atoms with van der Waals surface area (Å²) in [4.78, 5) is 38.8. The highest BCUT2D eigenvalue weighted by atomic mass is 35.5. The maximum absolute atomic E-state index is 13.4. The summed E-state index contributed by atoms with van der Waals surface area (Å²) in [6.45, 7) is -5.16. The van der Waals surface area contributed by atoms with E-state index in [1.165, 1.54) is 42.5 Å². The van der Waals surface area contributed by atoms with E-state index in [9.17, 15) is 37.1 Å². The number of carboxylic acids is 1. The first-order chi connectivity index (χ1) is 17.1. The third-order valence-corrected chi connectivity index (χ3v) is 5.99. The van der Waals surface area contributed by atoms with Crippen molar-refractivity contribution in [2.75, 3.05) is 4.90 Å². The third-order valence-electron chi connectivity index (χ3n) is 5.69. The minimum absolute atomic E-state index is 0.149. The normalized spacial score (nSPS) is 14.1. The molecule has 3 aromatic rings. The lowest BCUT2D eigenvalue weighted by Gasteiger charge is -2.18. The van der Waals surface area contributed by atoms with Crippen molar-refractivity contribution in [3.63, 3.8) is 0 Å². The molecule has 0 spiro atoms. The summed E-state index contributed by atoms with van der Waals surface area (Å²) in [6.07, 6.45) is 0.229. The number of amides is 2. The number of rotatable bonds is 8. The quantitative estimate of drug-likeness (QED) is 0.283. The van der Waals surface area contributed by atoms with Crippen LogP contribution in [0.2, 0.25) is 5.02 Å². The van der Waals surface area contributed by atoms with Crippen molar-refractivity contribution in [1.82, 2.24) is 0 Å². The Morgan fingerprint density at radius 2 is 1.44 bits per heavy atom. The number of hydrogen-bond donors (Lipinski definition) is 1. The van der Waals surface area contributed by atoms with E-state index in [1.807, 2.05) is 0 Å². The van der Waals surface area contributed by atoms with Gasteiger partial charge < -0.3 is 14.6 Å². The van der Waals surface area contributed by atoms with Gasteiger partial charge in [0, 0.05) is 10.8 Å². The van der Waals surface area contributed by atoms with Crippen LogP contribution in [0.3, 0.4) is 0 Å². The summed E-state index contributed by atoms with van der Waals surface area (Å²) in [5.41, 5.74) is -1.29. The van der Waals surface area contributed by atoms with Crippen LogP contribution in [-0.4, -0.2) is 36.1 Å². The van der Waals surface area contributed by atoms with Crippen LogP contribution in [0.4, 0.5) is 23.2 Å². The van der Waals surface area contributed by atoms with Gasteiger partial charge in [-0.3, -0.25) is 14.4 Å². The van der Waals surface area contributed by atoms with Gasteiger partial charge in [-0.25, -0.2) is 4.90 Å². The fourth-order valence-electron chi connectivity index (χ4n) is 4.22. The van der Waals surface area contributed by atoms with Crippen LogP contribution in [0.1, 0.15) is 45.5 Å². The number of carbonyl (C=O) groups is 3. The predicted molar refractivity (Wildman–Crippen MR) is 120 cm³/mol. The van der Waals surface area contributed by atoms with Crippen molar-refractivity contribution in [2.24, 2.45) is 0 Å². The number of carboxylic acid groups (broad SMARTS) is 1. The van der Waals surface area contributed by atoms with Crippen LogP contribution in [0.25, 0.3) is 10.8 Å². The highest BCUT2D eigenvalue weighted by Crippen LogP contribution is 2.47. The van der Waals surface area contributed by atoms with Gasteiger partial charge in [0.2, 0.25) is 0 Å². The highest BCUT2D eigenvalue weighted by Gasteiger charge is 2.45. The van der Waals surface area contributed by atoms with Crippen LogP contribution in [0.15, 0.2) is 42.5 Å². The van der Waals surface area contributed by atoms with Crippen molar-refractivity contribution in [2.45, 2.75) is 32.5 Å². The van der Waals surface area contributed by atoms with Crippen LogP contribution >= 0.6 is 11.6 Å². The number of nitrogens with zero attached hydrogens (tertiary/aromatic N) is 1. The second kappa shape index (κ2) is 9.65. The molecule has 0 aromatic heterocycles. The zero-order valence-electron chi connectivity index (χ0n) is 18.3. The maximum Gasteiger partial charge on any atom is 0.387 e. The summed E-state index contributed by atoms with van der Waals surface area (Å²) in [7, 11) is 0. The standard InChI is InChI=1S/C24H16ClF4NO6/c1-2-11(22(33)34)10-7-8-15(14(25)9-10)30-20(31)16-17(21(30)32)19(36-24(28)29)13-6-4-3-5-12(13)18(16)35-23(26)27/h3-9,11,23-24H,2H2,1H3,(H,33,34). The lowest BCUT2D eigenvalue weighted by atomic mass is 9.96. The molecule has 0 bridgehead atoms. The van der Waals surface area contributed by atoms with E-state index < -0.39 is 59.6 Å². The predicted octanol–water partition coefficient (Wildman–Crippen LogP) is 6.07. The highest BCUT2D eigenvalue weighted by molar-refractivity contribution is 6.41. The van der Waals surface area contributed by atoms with Crippen molar-refractivity contribution in [3.05, 3.63) is 64.2 Å². The van der Waals surface area contributed by atoms with Gasteiger partial charge >= 0.3 is 19.2 Å². The molecule has 0 saturated carbocycles. The lowest BCUT2D eigenvalue weighted by molar-refractivity contribution is -0.138. The summed E-state index contributed by atoms with van der Waals surface area (Å²) >= 11 is 6.30. The fourth-order valence-corrected chi connectivity index (χ4v) is 4.49. The number of halogens is 5. The minimum atomic E-state index is -3.40. The molecule has 1 aliphatic heterocycles. The Labute approximate surface area is 205 Å². The van der Waals surface area contributed by atoms with Gasteiger partial charge in [0.05, 0.1) is 27.8 Å². The van der Waals surface area contributed by atoms with Crippen molar-refractivity contribution >= 4 is 45.8 Å². The molecule has 1 heterocycles. The molecule has 0 aliphatic carbocycles. The molecule has 188 valence electrons. The molecule has 4 rings (SSSR count). The van der Waals surface area contributed by atoms with Crippen molar-refractivity contribution in [1.29, 1.82) is 0 Å². The van der Waals surface area contributed by atoms with Gasteiger partial charge in [-0.1, -0.05) is 48.9 Å². The first-order valence-corrected chi connectivity index (χ1v) is 10.8. The Morgan fingerprint density at radius 1 is 0.944 bits per heavy atom. The molecule has 1 atom stereocenters. The molecular formula is C24H16ClF4NO6. The zero-order valence-corrected chi connectivity index (χ0v) is 19.1. The molecule has 1 aliphatic rings. The Bertz CT molecular complexity index is 1330. The molecule has 2 amide bonds. The van der Waals surface area contributed by atoms with E-state index in [4.69, 9.17) is 11.6 Å². The van der Waals surface area contributed by atoms with Crippen molar-refractivity contribution in [3.8, 4) is 11.5 Å². The van der Waals surface area contributed by atoms with Crippen LogP contribution in [0.5, 0.6) is 11.5 Å². The monoisotopic (exact) mass is 525 g/mol. The van der Waals surface area contributed by atoms with Gasteiger partial charge in [0.25, 0.3) is 11.8 Å². The van der Waals surface area contributed by atoms with E-state index in [0.29, 0.717) is 10.5 Å². The molecule has 0 saturated heterocycles. The number of aliphatic carboxylic acids is 1. The summed E-state index contributed by atoms with van der Waals surface area (Å²) < 4.78 is 62.4. The summed E-state index contributed by atoms with van der Waals surface area (Å²) in [5.74, 6) is -5.70. The minimum Gasteiger partial charge on any atom is -0.481 e. The van der Waals surface area contributed by atoms with Crippen LogP contribution in [0, 0.1) is 0 Å². The number of ether oxygens (including phenoxy) is 2. The first-order valence-electron chi connectivity index (χ1n) is 10.5. The third kappa shape index (κ3) is 4.19. The number of alkyl halides is 4. The molecule has 12 heteroatoms. The summed E-state index contributed by atoms with van der Waals surface area (Å²) in [6, 6.07) is 9.13. The first kappa shape index (κ1) is 25.2. The molecule has 0 radical (unpaired) electrons. The maximum atomic E-state index is 13.4. The van der Waals surface area contributed by atoms with Crippen LogP contribution < -0.4 is 14.4 Å². The van der Waals surface area contributed by atoms with Gasteiger partial charge in [0.1, 0.15) is 11.5 Å². The molecule has 7 nitrogen and oxygen atoms in total. The van der Waals surface area contributed by atoms with Gasteiger partial charge in [-0.05, 0) is 24.1 Å². The van der Waals surface area contributed by atoms with Gasteiger partial charge in [-0.2, -0.15) is 17.6 Å². The van der Waals surface area contributed by atoms with E-state index in [2.05, 4.69) is 9.47 Å². The smallest absolute Gasteiger partial charge is 0.387 e. The van der Waals surface area contributed by atoms with Gasteiger partial charge in [-0.15, -0.1) is 0 Å². The molecule has 36 heavy (non-hydrogen) atoms. The molecule has 1 N–H and O–H groups in total.